The maximum atomic E-state index is 10.8. The third kappa shape index (κ3) is 3.98. The van der Waals surface area contributed by atoms with Gasteiger partial charge in [-0.2, -0.15) is 0 Å². The number of ether oxygens (including phenoxy) is 2. The Hall–Kier alpha value is -0.570. The molecule has 2 atom stereocenters. The van der Waals surface area contributed by atoms with Crippen molar-refractivity contribution in [3.8, 4) is 0 Å². The van der Waals surface area contributed by atoms with E-state index in [1.807, 2.05) is 13.8 Å². The van der Waals surface area contributed by atoms with Gasteiger partial charge >= 0.3 is 5.97 Å². The van der Waals surface area contributed by atoms with Crippen LogP contribution in [0.15, 0.2) is 0 Å². The van der Waals surface area contributed by atoms with Crippen molar-refractivity contribution in [1.29, 1.82) is 0 Å². The molecule has 0 radical (unpaired) electrons. The third-order valence-corrected chi connectivity index (χ3v) is 1.89. The van der Waals surface area contributed by atoms with E-state index in [4.69, 9.17) is 4.74 Å². The molecule has 0 fully saturated rings. The predicted molar refractivity (Wildman–Crippen MR) is 42.3 cm³/mol. The van der Waals surface area contributed by atoms with Gasteiger partial charge in [0, 0.05) is 7.11 Å². The normalized spacial score (nSPS) is 15.6. The van der Waals surface area contributed by atoms with Gasteiger partial charge in [-0.05, 0) is 12.8 Å². The van der Waals surface area contributed by atoms with Crippen LogP contribution in [-0.4, -0.2) is 26.3 Å². The minimum Gasteiger partial charge on any atom is -0.469 e. The first kappa shape index (κ1) is 10.4. The average Bonchev–Trinajstić information content (AvgIpc) is 2.02. The summed E-state index contributed by atoms with van der Waals surface area (Å²) in [4.78, 5) is 10.8. The van der Waals surface area contributed by atoms with E-state index in [-0.39, 0.29) is 18.0 Å². The lowest BCUT2D eigenvalue weighted by molar-refractivity contribution is -0.142. The first-order valence-electron chi connectivity index (χ1n) is 3.71. The fourth-order valence-electron chi connectivity index (χ4n) is 0.744. The second-order valence-electron chi connectivity index (χ2n) is 2.70. The van der Waals surface area contributed by atoms with Crippen LogP contribution in [0.5, 0.6) is 0 Å². The first-order valence-corrected chi connectivity index (χ1v) is 3.71. The summed E-state index contributed by atoms with van der Waals surface area (Å²) >= 11 is 0. The molecule has 0 rings (SSSR count). The Morgan fingerprint density at radius 1 is 1.36 bits per heavy atom. The van der Waals surface area contributed by atoms with E-state index in [1.54, 1.807) is 7.11 Å². The van der Waals surface area contributed by atoms with Crippen LogP contribution in [-0.2, 0) is 14.3 Å². The van der Waals surface area contributed by atoms with Gasteiger partial charge in [-0.3, -0.25) is 4.79 Å². The van der Waals surface area contributed by atoms with Crippen LogP contribution in [0, 0.1) is 5.92 Å². The summed E-state index contributed by atoms with van der Waals surface area (Å²) in [5.74, 6) is 0.0360. The molecule has 0 spiro atoms. The van der Waals surface area contributed by atoms with Gasteiger partial charge in [0.1, 0.15) is 0 Å². The van der Waals surface area contributed by atoms with Crippen molar-refractivity contribution in [2.24, 2.45) is 5.92 Å². The molecule has 0 amide bonds. The van der Waals surface area contributed by atoms with Crippen LogP contribution in [0.3, 0.4) is 0 Å². The molecule has 0 aromatic heterocycles. The molecule has 0 N–H and O–H groups in total. The lowest BCUT2D eigenvalue weighted by Crippen LogP contribution is -2.20. The van der Waals surface area contributed by atoms with Crippen LogP contribution in [0.1, 0.15) is 20.3 Å². The summed E-state index contributed by atoms with van der Waals surface area (Å²) in [7, 11) is 3.03. The SMILES string of the molecule is COC(=O)CC(C)C(C)OC. The van der Waals surface area contributed by atoms with Gasteiger partial charge in [0.25, 0.3) is 0 Å². The van der Waals surface area contributed by atoms with Crippen molar-refractivity contribution >= 4 is 5.97 Å². The Bertz CT molecular complexity index is 123. The zero-order chi connectivity index (χ0) is 8.85. The number of hydrogen-bond donors (Lipinski definition) is 0. The lowest BCUT2D eigenvalue weighted by Gasteiger charge is -2.16. The van der Waals surface area contributed by atoms with Crippen molar-refractivity contribution in [3.63, 3.8) is 0 Å². The minimum absolute atomic E-state index is 0.106. The van der Waals surface area contributed by atoms with Crippen molar-refractivity contribution in [3.05, 3.63) is 0 Å². The molecule has 0 saturated heterocycles. The van der Waals surface area contributed by atoms with E-state index >= 15 is 0 Å². The minimum atomic E-state index is -0.179. The van der Waals surface area contributed by atoms with Crippen LogP contribution in [0.25, 0.3) is 0 Å². The van der Waals surface area contributed by atoms with Crippen molar-refractivity contribution in [2.45, 2.75) is 26.4 Å². The molecular formula is C8H16O3. The number of carbonyl (C=O) groups is 1. The fraction of sp³-hybridized carbons (Fsp3) is 0.875. The Morgan fingerprint density at radius 2 is 1.91 bits per heavy atom. The van der Waals surface area contributed by atoms with E-state index in [2.05, 4.69) is 4.74 Å². The maximum Gasteiger partial charge on any atom is 0.305 e. The molecule has 2 unspecified atom stereocenters. The second-order valence-corrected chi connectivity index (χ2v) is 2.70. The van der Waals surface area contributed by atoms with Gasteiger partial charge < -0.3 is 9.47 Å². The highest BCUT2D eigenvalue weighted by molar-refractivity contribution is 5.69. The zero-order valence-electron chi connectivity index (χ0n) is 7.59. The Balaban J connectivity index is 3.67. The van der Waals surface area contributed by atoms with Gasteiger partial charge in [-0.25, -0.2) is 0 Å². The van der Waals surface area contributed by atoms with E-state index in [1.165, 1.54) is 7.11 Å². The largest absolute Gasteiger partial charge is 0.469 e. The molecule has 0 aromatic rings. The predicted octanol–water partition coefficient (Wildman–Crippen LogP) is 1.22. The van der Waals surface area contributed by atoms with Gasteiger partial charge in [0.2, 0.25) is 0 Å². The van der Waals surface area contributed by atoms with Crippen LogP contribution in [0.4, 0.5) is 0 Å². The molecule has 0 saturated carbocycles. The smallest absolute Gasteiger partial charge is 0.305 e. The Labute approximate surface area is 67.7 Å². The van der Waals surface area contributed by atoms with Gasteiger partial charge in [0.05, 0.1) is 19.6 Å². The maximum absolute atomic E-state index is 10.8. The molecule has 3 nitrogen and oxygen atoms in total. The van der Waals surface area contributed by atoms with Crippen LogP contribution < -0.4 is 0 Å². The average molecular weight is 160 g/mol. The summed E-state index contributed by atoms with van der Waals surface area (Å²) < 4.78 is 9.57. The summed E-state index contributed by atoms with van der Waals surface area (Å²) in [6.45, 7) is 3.90. The summed E-state index contributed by atoms with van der Waals surface area (Å²) in [6.07, 6.45) is 0.528. The van der Waals surface area contributed by atoms with Crippen molar-refractivity contribution in [2.75, 3.05) is 14.2 Å². The quantitative estimate of drug-likeness (QED) is 0.580. The number of methoxy groups -OCH3 is 2. The molecule has 0 aliphatic heterocycles. The summed E-state index contributed by atoms with van der Waals surface area (Å²) in [5, 5.41) is 0. The number of rotatable bonds is 4. The number of esters is 1. The number of carbonyl (C=O) groups excluding carboxylic acids is 1. The molecule has 0 aliphatic rings. The molecule has 0 aliphatic carbocycles. The van der Waals surface area contributed by atoms with Gasteiger partial charge in [-0.15, -0.1) is 0 Å². The van der Waals surface area contributed by atoms with Crippen LogP contribution in [0.2, 0.25) is 0 Å². The highest BCUT2D eigenvalue weighted by Crippen LogP contribution is 2.10. The topological polar surface area (TPSA) is 35.5 Å². The fourth-order valence-corrected chi connectivity index (χ4v) is 0.744. The highest BCUT2D eigenvalue weighted by Gasteiger charge is 2.15. The summed E-state index contributed by atoms with van der Waals surface area (Å²) in [5.41, 5.74) is 0. The zero-order valence-corrected chi connectivity index (χ0v) is 7.59. The van der Waals surface area contributed by atoms with E-state index < -0.39 is 0 Å². The van der Waals surface area contributed by atoms with E-state index in [0.717, 1.165) is 0 Å². The third-order valence-electron chi connectivity index (χ3n) is 1.89. The molecule has 0 bridgehead atoms. The van der Waals surface area contributed by atoms with E-state index in [0.29, 0.717) is 6.42 Å². The Morgan fingerprint density at radius 3 is 2.27 bits per heavy atom. The summed E-state index contributed by atoms with van der Waals surface area (Å²) in [6, 6.07) is 0. The van der Waals surface area contributed by atoms with Gasteiger partial charge in [-0.1, -0.05) is 6.92 Å². The molecule has 66 valence electrons. The second kappa shape index (κ2) is 5.13. The molecule has 3 heteroatoms. The molecule has 0 aromatic carbocycles. The lowest BCUT2D eigenvalue weighted by atomic mass is 10.0. The van der Waals surface area contributed by atoms with Crippen molar-refractivity contribution in [1.82, 2.24) is 0 Å². The molecular weight excluding hydrogens is 144 g/mol. The molecule has 11 heavy (non-hydrogen) atoms. The molecule has 0 heterocycles. The monoisotopic (exact) mass is 160 g/mol. The Kier molecular flexibility index (Phi) is 4.86. The first-order chi connectivity index (χ1) is 5.11. The van der Waals surface area contributed by atoms with Crippen LogP contribution >= 0.6 is 0 Å². The standard InChI is InChI=1S/C8H16O3/c1-6(7(2)10-3)5-8(9)11-4/h6-7H,5H2,1-4H3. The van der Waals surface area contributed by atoms with E-state index in [9.17, 15) is 4.79 Å². The van der Waals surface area contributed by atoms with Gasteiger partial charge in [0.15, 0.2) is 0 Å². The van der Waals surface area contributed by atoms with Crippen molar-refractivity contribution < 1.29 is 14.3 Å². The highest BCUT2D eigenvalue weighted by atomic mass is 16.5. The number of hydrogen-bond acceptors (Lipinski definition) is 3.